The summed E-state index contributed by atoms with van der Waals surface area (Å²) in [6.07, 6.45) is 5.89. The van der Waals surface area contributed by atoms with Crippen molar-refractivity contribution < 1.29 is 0 Å². The van der Waals surface area contributed by atoms with Gasteiger partial charge < -0.3 is 0 Å². The van der Waals surface area contributed by atoms with Crippen LogP contribution in [-0.2, 0) is 6.54 Å². The average Bonchev–Trinajstić information content (AvgIpc) is 2.77. The zero-order chi connectivity index (χ0) is 15.3. The Labute approximate surface area is 131 Å². The Morgan fingerprint density at radius 2 is 1.90 bits per heavy atom. The van der Waals surface area contributed by atoms with Crippen LogP contribution in [0.15, 0.2) is 53.8 Å². The molecule has 1 atom stereocenters. The minimum absolute atomic E-state index is 0.625. The first-order chi connectivity index (χ1) is 9.98. The Kier molecular flexibility index (Phi) is 5.60. The quantitative estimate of drug-likeness (QED) is 0.553. The number of hydrogen-bond donors (Lipinski definition) is 0. The molecular formula is C19H29NSi. The molecule has 0 spiro atoms. The molecule has 2 heteroatoms. The van der Waals surface area contributed by atoms with Crippen LogP contribution in [0, 0.1) is 5.92 Å². The van der Waals surface area contributed by atoms with Gasteiger partial charge in [0.15, 0.2) is 0 Å². The molecule has 1 aliphatic rings. The minimum Gasteiger partial charge on any atom is -0.294 e. The van der Waals surface area contributed by atoms with Crippen LogP contribution in [0.5, 0.6) is 0 Å². The van der Waals surface area contributed by atoms with Gasteiger partial charge in [0.05, 0.1) is 8.07 Å². The summed E-state index contributed by atoms with van der Waals surface area (Å²) in [5.41, 5.74) is 5.68. The molecule has 1 fully saturated rings. The highest BCUT2D eigenvalue weighted by Crippen LogP contribution is 2.27. The van der Waals surface area contributed by atoms with Crippen LogP contribution in [0.2, 0.25) is 19.6 Å². The zero-order valence-corrected chi connectivity index (χ0v) is 15.0. The van der Waals surface area contributed by atoms with Gasteiger partial charge in [-0.25, -0.2) is 0 Å². The number of benzene rings is 1. The average molecular weight is 300 g/mol. The lowest BCUT2D eigenvalue weighted by molar-refractivity contribution is 0.327. The molecule has 0 amide bonds. The van der Waals surface area contributed by atoms with Crippen molar-refractivity contribution in [1.82, 2.24) is 4.90 Å². The number of allylic oxidation sites excluding steroid dienone is 1. The molecular weight excluding hydrogens is 270 g/mol. The number of hydrogen-bond acceptors (Lipinski definition) is 1. The summed E-state index contributed by atoms with van der Waals surface area (Å²) in [4.78, 5) is 2.59. The summed E-state index contributed by atoms with van der Waals surface area (Å²) in [7, 11) is -1.15. The molecule has 114 valence electrons. The van der Waals surface area contributed by atoms with Gasteiger partial charge in [0.25, 0.3) is 0 Å². The Morgan fingerprint density at radius 3 is 2.52 bits per heavy atom. The molecule has 1 aliphatic heterocycles. The van der Waals surface area contributed by atoms with Crippen LogP contribution < -0.4 is 0 Å². The van der Waals surface area contributed by atoms with Crippen LogP contribution in [0.3, 0.4) is 0 Å². The molecule has 0 radical (unpaired) electrons. The molecule has 0 N–H and O–H groups in total. The Bertz CT molecular complexity index is 496. The molecule has 0 saturated carbocycles. The smallest absolute Gasteiger partial charge is 0.0687 e. The van der Waals surface area contributed by atoms with E-state index in [0.717, 1.165) is 19.5 Å². The molecule has 0 unspecified atom stereocenters. The molecule has 0 aliphatic carbocycles. The topological polar surface area (TPSA) is 3.24 Å². The summed E-state index contributed by atoms with van der Waals surface area (Å²) >= 11 is 0. The first-order valence-corrected chi connectivity index (χ1v) is 11.7. The van der Waals surface area contributed by atoms with Crippen LogP contribution >= 0.6 is 0 Å². The molecule has 0 bridgehead atoms. The van der Waals surface area contributed by atoms with Gasteiger partial charge in [-0.1, -0.05) is 80.3 Å². The van der Waals surface area contributed by atoms with Crippen molar-refractivity contribution in [2.24, 2.45) is 5.92 Å². The largest absolute Gasteiger partial charge is 0.294 e. The van der Waals surface area contributed by atoms with Crippen molar-refractivity contribution in [2.45, 2.75) is 39.5 Å². The number of nitrogens with zero attached hydrogens (tertiary/aromatic N) is 1. The van der Waals surface area contributed by atoms with Gasteiger partial charge in [0.2, 0.25) is 0 Å². The van der Waals surface area contributed by atoms with Crippen molar-refractivity contribution in [2.75, 3.05) is 13.1 Å². The van der Waals surface area contributed by atoms with E-state index in [4.69, 9.17) is 0 Å². The summed E-state index contributed by atoms with van der Waals surface area (Å²) in [6.45, 7) is 12.9. The monoisotopic (exact) mass is 299 g/mol. The van der Waals surface area contributed by atoms with Gasteiger partial charge in [0, 0.05) is 25.6 Å². The fourth-order valence-corrected chi connectivity index (χ4v) is 4.41. The van der Waals surface area contributed by atoms with E-state index in [1.165, 1.54) is 12.1 Å². The summed E-state index contributed by atoms with van der Waals surface area (Å²) in [5, 5.41) is 0. The van der Waals surface area contributed by atoms with Crippen molar-refractivity contribution in [1.29, 1.82) is 0 Å². The second-order valence-electron chi connectivity index (χ2n) is 7.18. The summed E-state index contributed by atoms with van der Waals surface area (Å²) in [6, 6.07) is 10.8. The highest BCUT2D eigenvalue weighted by Gasteiger charge is 2.27. The molecule has 1 saturated heterocycles. The highest BCUT2D eigenvalue weighted by molar-refractivity contribution is 6.81. The third kappa shape index (κ3) is 5.29. The van der Waals surface area contributed by atoms with Gasteiger partial charge in [-0.3, -0.25) is 4.90 Å². The number of likely N-dealkylation sites (tertiary alicyclic amines) is 1. The van der Waals surface area contributed by atoms with E-state index in [1.807, 2.05) is 0 Å². The van der Waals surface area contributed by atoms with Gasteiger partial charge in [-0.15, -0.1) is 0 Å². The predicted octanol–water partition coefficient (Wildman–Crippen LogP) is 4.89. The second-order valence-corrected chi connectivity index (χ2v) is 12.2. The molecule has 1 heterocycles. The minimum atomic E-state index is -1.15. The molecule has 1 nitrogen and oxygen atoms in total. The Hall–Kier alpha value is -1.12. The van der Waals surface area contributed by atoms with Crippen LogP contribution in [0.4, 0.5) is 0 Å². The van der Waals surface area contributed by atoms with E-state index < -0.39 is 8.07 Å². The molecule has 1 aromatic carbocycles. The first kappa shape index (κ1) is 16.3. The maximum absolute atomic E-state index is 2.61. The molecule has 21 heavy (non-hydrogen) atoms. The van der Waals surface area contributed by atoms with Crippen molar-refractivity contribution in [3.05, 3.63) is 59.3 Å². The van der Waals surface area contributed by atoms with E-state index in [1.54, 1.807) is 5.57 Å². The third-order valence-corrected chi connectivity index (χ3v) is 5.05. The predicted molar refractivity (Wildman–Crippen MR) is 96.1 cm³/mol. The van der Waals surface area contributed by atoms with E-state index in [9.17, 15) is 0 Å². The normalized spacial score (nSPS) is 22.5. The Morgan fingerprint density at radius 1 is 1.19 bits per heavy atom. The fourth-order valence-electron chi connectivity index (χ4n) is 2.99. The van der Waals surface area contributed by atoms with Crippen LogP contribution in [0.25, 0.3) is 0 Å². The standard InChI is InChI=1S/C19H29NSi/c1-5-6-12-18-14-20(13-17-10-8-7-9-11-17)15-19(18)16-21(2,3)4/h6-12,16,18H,5,13-15H2,1-4H3/b12-6-,19-16-/t18-/m1/s1. The highest BCUT2D eigenvalue weighted by atomic mass is 28.3. The SMILES string of the molecule is CC/C=C\[C@@H]1CN(Cc2ccccc2)C/C1=C/[Si](C)(C)C. The lowest BCUT2D eigenvalue weighted by atomic mass is 10.0. The van der Waals surface area contributed by atoms with E-state index in [2.05, 4.69) is 79.6 Å². The summed E-state index contributed by atoms with van der Waals surface area (Å²) in [5.74, 6) is 0.625. The lowest BCUT2D eigenvalue weighted by Gasteiger charge is -2.15. The Balaban J connectivity index is 2.10. The number of rotatable bonds is 5. The van der Waals surface area contributed by atoms with Gasteiger partial charge >= 0.3 is 0 Å². The van der Waals surface area contributed by atoms with Crippen molar-refractivity contribution >= 4 is 8.07 Å². The lowest BCUT2D eigenvalue weighted by Crippen LogP contribution is -2.20. The van der Waals surface area contributed by atoms with Crippen molar-refractivity contribution in [3.63, 3.8) is 0 Å². The van der Waals surface area contributed by atoms with Crippen LogP contribution in [-0.4, -0.2) is 26.1 Å². The van der Waals surface area contributed by atoms with E-state index >= 15 is 0 Å². The molecule has 0 aromatic heterocycles. The first-order valence-electron chi connectivity index (χ1n) is 8.12. The van der Waals surface area contributed by atoms with Gasteiger partial charge in [-0.05, 0) is 12.0 Å². The van der Waals surface area contributed by atoms with E-state index in [0.29, 0.717) is 5.92 Å². The second kappa shape index (κ2) is 7.23. The van der Waals surface area contributed by atoms with E-state index in [-0.39, 0.29) is 0 Å². The molecule has 1 aromatic rings. The molecule has 2 rings (SSSR count). The third-order valence-electron chi connectivity index (χ3n) is 3.81. The summed E-state index contributed by atoms with van der Waals surface area (Å²) < 4.78 is 0. The van der Waals surface area contributed by atoms with Crippen LogP contribution in [0.1, 0.15) is 18.9 Å². The maximum atomic E-state index is 2.61. The zero-order valence-electron chi connectivity index (χ0n) is 14.0. The van der Waals surface area contributed by atoms with Crippen molar-refractivity contribution in [3.8, 4) is 0 Å². The van der Waals surface area contributed by atoms with Gasteiger partial charge in [-0.2, -0.15) is 0 Å². The van der Waals surface area contributed by atoms with Gasteiger partial charge in [0.1, 0.15) is 0 Å². The maximum Gasteiger partial charge on any atom is 0.0687 e. The fraction of sp³-hybridized carbons (Fsp3) is 0.474.